The Balaban J connectivity index is 2.11. The summed E-state index contributed by atoms with van der Waals surface area (Å²) in [6.45, 7) is 7.88. The van der Waals surface area contributed by atoms with Gasteiger partial charge in [-0.1, -0.05) is 19.9 Å². The maximum Gasteiger partial charge on any atom is 0.0300 e. The van der Waals surface area contributed by atoms with Gasteiger partial charge < -0.3 is 5.32 Å². The largest absolute Gasteiger partial charge is 0.314 e. The van der Waals surface area contributed by atoms with E-state index in [1.165, 1.54) is 18.4 Å². The van der Waals surface area contributed by atoms with Gasteiger partial charge in [0.2, 0.25) is 0 Å². The fourth-order valence-electron chi connectivity index (χ4n) is 1.69. The summed E-state index contributed by atoms with van der Waals surface area (Å²) < 4.78 is 0. The number of pyridine rings is 1. The van der Waals surface area contributed by atoms with Gasteiger partial charge in [-0.2, -0.15) is 0 Å². The molecule has 16 heavy (non-hydrogen) atoms. The van der Waals surface area contributed by atoms with Crippen LogP contribution in [0.25, 0.3) is 0 Å². The van der Waals surface area contributed by atoms with E-state index < -0.39 is 0 Å². The van der Waals surface area contributed by atoms with E-state index >= 15 is 0 Å². The van der Waals surface area contributed by atoms with Crippen LogP contribution in [0.1, 0.15) is 39.2 Å². The van der Waals surface area contributed by atoms with Gasteiger partial charge in [0.05, 0.1) is 0 Å². The van der Waals surface area contributed by atoms with Gasteiger partial charge in [0.1, 0.15) is 0 Å². The third kappa shape index (κ3) is 5.86. The van der Waals surface area contributed by atoms with Gasteiger partial charge in [-0.3, -0.25) is 4.98 Å². The van der Waals surface area contributed by atoms with Crippen LogP contribution >= 0.6 is 0 Å². The van der Waals surface area contributed by atoms with Crippen molar-refractivity contribution in [2.75, 3.05) is 6.54 Å². The van der Waals surface area contributed by atoms with E-state index in [-0.39, 0.29) is 0 Å². The molecule has 0 fully saturated rings. The summed E-state index contributed by atoms with van der Waals surface area (Å²) in [5, 5.41) is 3.56. The molecule has 1 aromatic rings. The molecule has 0 saturated heterocycles. The number of aromatic nitrogens is 1. The minimum absolute atomic E-state index is 0.624. The van der Waals surface area contributed by atoms with Gasteiger partial charge in [0, 0.05) is 18.4 Å². The molecule has 2 heteroatoms. The Morgan fingerprint density at radius 1 is 1.25 bits per heavy atom. The predicted octanol–water partition coefficient (Wildman–Crippen LogP) is 3.04. The quantitative estimate of drug-likeness (QED) is 0.764. The van der Waals surface area contributed by atoms with E-state index in [0.717, 1.165) is 18.9 Å². The lowest BCUT2D eigenvalue weighted by Gasteiger charge is -2.14. The maximum absolute atomic E-state index is 4.11. The van der Waals surface area contributed by atoms with Crippen molar-refractivity contribution < 1.29 is 0 Å². The number of nitrogens with zero attached hydrogens (tertiary/aromatic N) is 1. The Labute approximate surface area is 99.5 Å². The van der Waals surface area contributed by atoms with Crippen LogP contribution in [0.2, 0.25) is 0 Å². The summed E-state index contributed by atoms with van der Waals surface area (Å²) in [6.07, 6.45) is 7.41. The Morgan fingerprint density at radius 2 is 2.06 bits per heavy atom. The van der Waals surface area contributed by atoms with Crippen LogP contribution < -0.4 is 5.32 Å². The molecule has 0 bridgehead atoms. The third-order valence-corrected chi connectivity index (χ3v) is 2.81. The average molecular weight is 220 g/mol. The third-order valence-electron chi connectivity index (χ3n) is 2.81. The van der Waals surface area contributed by atoms with Crippen LogP contribution in [0.5, 0.6) is 0 Å². The van der Waals surface area contributed by atoms with Gasteiger partial charge in [-0.15, -0.1) is 0 Å². The summed E-state index contributed by atoms with van der Waals surface area (Å²) in [7, 11) is 0. The minimum Gasteiger partial charge on any atom is -0.314 e. The number of nitrogens with one attached hydrogen (secondary N) is 1. The highest BCUT2D eigenvalue weighted by Crippen LogP contribution is 2.06. The zero-order valence-electron chi connectivity index (χ0n) is 10.7. The fraction of sp³-hybridized carbons (Fsp3) is 0.643. The van der Waals surface area contributed by atoms with Crippen molar-refractivity contribution in [3.8, 4) is 0 Å². The minimum atomic E-state index is 0.624. The molecule has 0 aliphatic rings. The molecule has 90 valence electrons. The van der Waals surface area contributed by atoms with Gasteiger partial charge in [-0.25, -0.2) is 0 Å². The summed E-state index contributed by atoms with van der Waals surface area (Å²) in [5.41, 5.74) is 1.31. The van der Waals surface area contributed by atoms with Crippen LogP contribution in [0.15, 0.2) is 24.5 Å². The van der Waals surface area contributed by atoms with Crippen molar-refractivity contribution in [3.05, 3.63) is 30.1 Å². The molecular formula is C14H24N2. The Kier molecular flexibility index (Phi) is 6.09. The number of hydrogen-bond donors (Lipinski definition) is 1. The van der Waals surface area contributed by atoms with Crippen LogP contribution in [-0.2, 0) is 6.42 Å². The molecule has 1 N–H and O–H groups in total. The topological polar surface area (TPSA) is 24.9 Å². The zero-order chi connectivity index (χ0) is 11.8. The fourth-order valence-corrected chi connectivity index (χ4v) is 1.69. The lowest BCUT2D eigenvalue weighted by Crippen LogP contribution is -2.28. The lowest BCUT2D eigenvalue weighted by atomic mass is 10.0. The standard InChI is InChI=1S/C14H24N2/c1-12(2)6-7-13(3)16-10-8-14-5-4-9-15-11-14/h4-5,9,11-13,16H,6-8,10H2,1-3H3. The molecule has 0 amide bonds. The molecule has 0 spiro atoms. The molecule has 0 aliphatic carbocycles. The molecule has 0 saturated carbocycles. The molecule has 1 atom stereocenters. The molecule has 0 aliphatic heterocycles. The highest BCUT2D eigenvalue weighted by Gasteiger charge is 2.02. The monoisotopic (exact) mass is 220 g/mol. The highest BCUT2D eigenvalue weighted by molar-refractivity contribution is 5.08. The van der Waals surface area contributed by atoms with Crippen molar-refractivity contribution in [2.24, 2.45) is 5.92 Å². The van der Waals surface area contributed by atoms with Crippen LogP contribution in [0.4, 0.5) is 0 Å². The van der Waals surface area contributed by atoms with E-state index in [2.05, 4.69) is 37.1 Å². The first-order chi connectivity index (χ1) is 7.68. The highest BCUT2D eigenvalue weighted by atomic mass is 14.9. The van der Waals surface area contributed by atoms with Gasteiger partial charge >= 0.3 is 0 Å². The molecule has 1 aromatic heterocycles. The zero-order valence-corrected chi connectivity index (χ0v) is 10.7. The first-order valence-corrected chi connectivity index (χ1v) is 6.30. The van der Waals surface area contributed by atoms with E-state index in [0.29, 0.717) is 6.04 Å². The number of hydrogen-bond acceptors (Lipinski definition) is 2. The van der Waals surface area contributed by atoms with E-state index in [1.54, 1.807) is 0 Å². The molecule has 0 aromatic carbocycles. The smallest absolute Gasteiger partial charge is 0.0300 e. The number of rotatable bonds is 7. The molecule has 1 heterocycles. The second-order valence-electron chi connectivity index (χ2n) is 4.94. The molecule has 0 radical (unpaired) electrons. The van der Waals surface area contributed by atoms with Crippen LogP contribution in [-0.4, -0.2) is 17.6 Å². The van der Waals surface area contributed by atoms with E-state index in [4.69, 9.17) is 0 Å². The summed E-state index contributed by atoms with van der Waals surface area (Å²) in [6, 6.07) is 4.75. The van der Waals surface area contributed by atoms with Crippen LogP contribution in [0, 0.1) is 5.92 Å². The maximum atomic E-state index is 4.11. The Morgan fingerprint density at radius 3 is 2.69 bits per heavy atom. The molecular weight excluding hydrogens is 196 g/mol. The normalized spacial score (nSPS) is 13.0. The van der Waals surface area contributed by atoms with E-state index in [9.17, 15) is 0 Å². The molecule has 2 nitrogen and oxygen atoms in total. The van der Waals surface area contributed by atoms with Crippen molar-refractivity contribution in [2.45, 2.75) is 46.1 Å². The van der Waals surface area contributed by atoms with Gasteiger partial charge in [0.15, 0.2) is 0 Å². The molecule has 1 rings (SSSR count). The Bertz CT molecular complexity index is 269. The second-order valence-corrected chi connectivity index (χ2v) is 4.94. The van der Waals surface area contributed by atoms with Crippen molar-refractivity contribution in [1.29, 1.82) is 0 Å². The second kappa shape index (κ2) is 7.39. The van der Waals surface area contributed by atoms with Gasteiger partial charge in [-0.05, 0) is 50.3 Å². The first kappa shape index (κ1) is 13.2. The Hall–Kier alpha value is -0.890. The van der Waals surface area contributed by atoms with Crippen LogP contribution in [0.3, 0.4) is 0 Å². The van der Waals surface area contributed by atoms with Gasteiger partial charge in [0.25, 0.3) is 0 Å². The van der Waals surface area contributed by atoms with Crippen molar-refractivity contribution in [3.63, 3.8) is 0 Å². The van der Waals surface area contributed by atoms with Crippen molar-refractivity contribution >= 4 is 0 Å². The average Bonchev–Trinajstić information content (AvgIpc) is 2.28. The molecule has 1 unspecified atom stereocenters. The predicted molar refractivity (Wildman–Crippen MR) is 69.5 cm³/mol. The van der Waals surface area contributed by atoms with E-state index in [1.807, 2.05) is 18.5 Å². The summed E-state index contributed by atoms with van der Waals surface area (Å²) >= 11 is 0. The summed E-state index contributed by atoms with van der Waals surface area (Å²) in [4.78, 5) is 4.11. The lowest BCUT2D eigenvalue weighted by molar-refractivity contribution is 0.453. The SMILES string of the molecule is CC(C)CCC(C)NCCc1cccnc1. The summed E-state index contributed by atoms with van der Waals surface area (Å²) in [5.74, 6) is 0.808. The first-order valence-electron chi connectivity index (χ1n) is 6.30. The van der Waals surface area contributed by atoms with Crippen molar-refractivity contribution in [1.82, 2.24) is 10.3 Å².